The first-order valence-corrected chi connectivity index (χ1v) is 6.98. The van der Waals surface area contributed by atoms with E-state index in [1.54, 1.807) is 11.3 Å². The number of hydrogen-bond acceptors (Lipinski definition) is 3. The van der Waals surface area contributed by atoms with Crippen LogP contribution in [0.3, 0.4) is 0 Å². The van der Waals surface area contributed by atoms with E-state index in [0.29, 0.717) is 24.0 Å². The summed E-state index contributed by atoms with van der Waals surface area (Å²) >= 11 is 1.80. The monoisotopic (exact) mass is 238 g/mol. The summed E-state index contributed by atoms with van der Waals surface area (Å²) in [5, 5.41) is 5.83. The largest absolute Gasteiger partial charge is 0.329 e. The van der Waals surface area contributed by atoms with Crippen molar-refractivity contribution in [2.75, 3.05) is 6.54 Å². The molecule has 1 aliphatic carbocycles. The van der Waals surface area contributed by atoms with Gasteiger partial charge in [0.25, 0.3) is 0 Å². The van der Waals surface area contributed by atoms with E-state index in [1.807, 2.05) is 0 Å². The van der Waals surface area contributed by atoms with Gasteiger partial charge in [0, 0.05) is 17.5 Å². The van der Waals surface area contributed by atoms with Crippen molar-refractivity contribution in [2.24, 2.45) is 11.1 Å². The summed E-state index contributed by atoms with van der Waals surface area (Å²) in [7, 11) is 0. The Morgan fingerprint density at radius 2 is 2.44 bits per heavy atom. The number of hydrogen-bond donors (Lipinski definition) is 2. The van der Waals surface area contributed by atoms with Crippen LogP contribution >= 0.6 is 11.3 Å². The van der Waals surface area contributed by atoms with Gasteiger partial charge in [-0.2, -0.15) is 0 Å². The van der Waals surface area contributed by atoms with E-state index >= 15 is 0 Å². The molecule has 90 valence electrons. The maximum absolute atomic E-state index is 5.85. The van der Waals surface area contributed by atoms with Gasteiger partial charge in [-0.15, -0.1) is 11.3 Å². The first-order chi connectivity index (χ1) is 7.61. The molecule has 2 rings (SSSR count). The average Bonchev–Trinajstić information content (AvgIpc) is 2.84. The highest BCUT2D eigenvalue weighted by Gasteiger charge is 2.31. The second-order valence-electron chi connectivity index (χ2n) is 5.57. The number of nitrogens with one attached hydrogen (secondary N) is 1. The van der Waals surface area contributed by atoms with Gasteiger partial charge in [-0.1, -0.05) is 19.9 Å². The molecule has 0 bridgehead atoms. The second kappa shape index (κ2) is 4.86. The van der Waals surface area contributed by atoms with E-state index in [2.05, 4.69) is 36.7 Å². The first-order valence-electron chi connectivity index (χ1n) is 6.10. The third-order valence-corrected chi connectivity index (χ3v) is 4.51. The SMILES string of the molecule is CC1(C)CCC(NC(CN)c2cccs2)C1. The first kappa shape index (κ1) is 12.1. The summed E-state index contributed by atoms with van der Waals surface area (Å²) in [4.78, 5) is 1.37. The molecule has 1 heterocycles. The normalized spacial score (nSPS) is 25.8. The van der Waals surface area contributed by atoms with Crippen molar-refractivity contribution in [3.05, 3.63) is 22.4 Å². The van der Waals surface area contributed by atoms with Crippen LogP contribution in [0.2, 0.25) is 0 Å². The Balaban J connectivity index is 1.93. The van der Waals surface area contributed by atoms with Crippen LogP contribution in [0.1, 0.15) is 44.0 Å². The molecule has 3 heteroatoms. The van der Waals surface area contributed by atoms with E-state index in [1.165, 1.54) is 24.1 Å². The fourth-order valence-electron chi connectivity index (χ4n) is 2.62. The van der Waals surface area contributed by atoms with E-state index < -0.39 is 0 Å². The second-order valence-corrected chi connectivity index (χ2v) is 6.55. The summed E-state index contributed by atoms with van der Waals surface area (Å²) in [5.41, 5.74) is 6.36. The molecule has 1 aliphatic rings. The van der Waals surface area contributed by atoms with Crippen LogP contribution in [0.15, 0.2) is 17.5 Å². The Labute approximate surface area is 102 Å². The summed E-state index contributed by atoms with van der Waals surface area (Å²) in [6, 6.07) is 5.27. The van der Waals surface area contributed by atoms with Gasteiger partial charge in [0.2, 0.25) is 0 Å². The van der Waals surface area contributed by atoms with Gasteiger partial charge in [-0.25, -0.2) is 0 Å². The van der Waals surface area contributed by atoms with Gasteiger partial charge in [0.1, 0.15) is 0 Å². The standard InChI is InChI=1S/C13H22N2S/c1-13(2)6-5-10(8-13)15-11(9-14)12-4-3-7-16-12/h3-4,7,10-11,15H,5-6,8-9,14H2,1-2H3. The maximum Gasteiger partial charge on any atom is 0.0541 e. The van der Waals surface area contributed by atoms with Crippen molar-refractivity contribution in [3.8, 4) is 0 Å². The molecule has 1 aromatic rings. The summed E-state index contributed by atoms with van der Waals surface area (Å²) in [6.45, 7) is 5.41. The van der Waals surface area contributed by atoms with Crippen LogP contribution in [-0.4, -0.2) is 12.6 Å². The lowest BCUT2D eigenvalue weighted by Gasteiger charge is -2.22. The molecule has 0 saturated heterocycles. The topological polar surface area (TPSA) is 38.0 Å². The summed E-state index contributed by atoms with van der Waals surface area (Å²) in [6.07, 6.45) is 3.89. The minimum absolute atomic E-state index is 0.346. The molecular weight excluding hydrogens is 216 g/mol. The third-order valence-electron chi connectivity index (χ3n) is 3.53. The van der Waals surface area contributed by atoms with Crippen molar-refractivity contribution in [1.29, 1.82) is 0 Å². The third kappa shape index (κ3) is 2.84. The van der Waals surface area contributed by atoms with Crippen molar-refractivity contribution in [2.45, 2.75) is 45.2 Å². The number of rotatable bonds is 4. The van der Waals surface area contributed by atoms with E-state index in [4.69, 9.17) is 5.73 Å². The molecule has 3 N–H and O–H groups in total. The molecule has 0 aromatic carbocycles. The van der Waals surface area contributed by atoms with Crippen LogP contribution in [0, 0.1) is 5.41 Å². The summed E-state index contributed by atoms with van der Waals surface area (Å²) < 4.78 is 0. The maximum atomic E-state index is 5.85. The van der Waals surface area contributed by atoms with Crippen molar-refractivity contribution in [3.63, 3.8) is 0 Å². The molecular formula is C13H22N2S. The lowest BCUT2D eigenvalue weighted by atomic mass is 9.92. The smallest absolute Gasteiger partial charge is 0.0541 e. The molecule has 16 heavy (non-hydrogen) atoms. The fraction of sp³-hybridized carbons (Fsp3) is 0.692. The summed E-state index contributed by atoms with van der Waals surface area (Å²) in [5.74, 6) is 0. The van der Waals surface area contributed by atoms with Crippen molar-refractivity contribution < 1.29 is 0 Å². The zero-order valence-corrected chi connectivity index (χ0v) is 11.0. The zero-order chi connectivity index (χ0) is 11.6. The Morgan fingerprint density at radius 3 is 2.94 bits per heavy atom. The molecule has 0 aliphatic heterocycles. The Bertz CT molecular complexity index is 319. The molecule has 2 nitrogen and oxygen atoms in total. The predicted octanol–water partition coefficient (Wildman–Crippen LogP) is 2.92. The van der Waals surface area contributed by atoms with Crippen LogP contribution in [0.4, 0.5) is 0 Å². The average molecular weight is 238 g/mol. The Morgan fingerprint density at radius 1 is 1.62 bits per heavy atom. The van der Waals surface area contributed by atoms with Gasteiger partial charge in [0.15, 0.2) is 0 Å². The highest BCUT2D eigenvalue weighted by Crippen LogP contribution is 2.37. The quantitative estimate of drug-likeness (QED) is 0.846. The van der Waals surface area contributed by atoms with Gasteiger partial charge >= 0.3 is 0 Å². The predicted molar refractivity (Wildman–Crippen MR) is 70.7 cm³/mol. The zero-order valence-electron chi connectivity index (χ0n) is 10.2. The highest BCUT2D eigenvalue weighted by molar-refractivity contribution is 7.10. The van der Waals surface area contributed by atoms with Crippen LogP contribution in [0.5, 0.6) is 0 Å². The Hall–Kier alpha value is -0.380. The van der Waals surface area contributed by atoms with Crippen molar-refractivity contribution in [1.82, 2.24) is 5.32 Å². The number of nitrogens with two attached hydrogens (primary N) is 1. The molecule has 2 atom stereocenters. The minimum atomic E-state index is 0.346. The minimum Gasteiger partial charge on any atom is -0.329 e. The molecule has 0 spiro atoms. The number of thiophene rings is 1. The van der Waals surface area contributed by atoms with Crippen LogP contribution < -0.4 is 11.1 Å². The lowest BCUT2D eigenvalue weighted by Crippen LogP contribution is -2.35. The van der Waals surface area contributed by atoms with Crippen LogP contribution in [0.25, 0.3) is 0 Å². The van der Waals surface area contributed by atoms with Gasteiger partial charge in [0.05, 0.1) is 6.04 Å². The highest BCUT2D eigenvalue weighted by atomic mass is 32.1. The van der Waals surface area contributed by atoms with E-state index in [0.717, 1.165) is 0 Å². The Kier molecular flexibility index (Phi) is 3.67. The fourth-order valence-corrected chi connectivity index (χ4v) is 3.42. The lowest BCUT2D eigenvalue weighted by molar-refractivity contribution is 0.354. The van der Waals surface area contributed by atoms with Crippen molar-refractivity contribution >= 4 is 11.3 Å². The van der Waals surface area contributed by atoms with E-state index in [-0.39, 0.29) is 0 Å². The molecule has 1 aromatic heterocycles. The molecule has 2 unspecified atom stereocenters. The molecule has 1 saturated carbocycles. The molecule has 1 fully saturated rings. The van der Waals surface area contributed by atoms with Gasteiger partial charge in [-0.05, 0) is 36.1 Å². The van der Waals surface area contributed by atoms with Gasteiger partial charge in [-0.3, -0.25) is 0 Å². The van der Waals surface area contributed by atoms with Crippen LogP contribution in [-0.2, 0) is 0 Å². The molecule has 0 amide bonds. The van der Waals surface area contributed by atoms with Gasteiger partial charge < -0.3 is 11.1 Å². The van der Waals surface area contributed by atoms with E-state index in [9.17, 15) is 0 Å². The molecule has 0 radical (unpaired) electrons.